The van der Waals surface area contributed by atoms with Gasteiger partial charge in [-0.25, -0.2) is 0 Å². The number of unbranched alkanes of at least 4 members (excludes halogenated alkanes) is 26. The van der Waals surface area contributed by atoms with Gasteiger partial charge in [0.05, 0.1) is 0 Å². The number of ether oxygens (including phenoxy) is 3. The Morgan fingerprint density at radius 1 is 0.263 bits per heavy atom. The van der Waals surface area contributed by atoms with Gasteiger partial charge in [0.25, 0.3) is 0 Å². The van der Waals surface area contributed by atoms with Gasteiger partial charge in [0, 0.05) is 19.3 Å². The smallest absolute Gasteiger partial charge is 0.306 e. The maximum absolute atomic E-state index is 12.9. The molecule has 0 aromatic heterocycles. The third-order valence-corrected chi connectivity index (χ3v) is 13.9. The Morgan fingerprint density at radius 2 is 0.487 bits per heavy atom. The third kappa shape index (κ3) is 64.4. The average Bonchev–Trinajstić information content (AvgIpc) is 3.46. The summed E-state index contributed by atoms with van der Waals surface area (Å²) in [6.07, 6.45) is 94.6. The Bertz CT molecular complexity index is 1700. The number of rotatable bonds is 59. The van der Waals surface area contributed by atoms with Crippen molar-refractivity contribution in [2.75, 3.05) is 13.2 Å². The molecule has 0 saturated heterocycles. The van der Waals surface area contributed by atoms with Crippen molar-refractivity contribution in [1.82, 2.24) is 0 Å². The summed E-state index contributed by atoms with van der Waals surface area (Å²) >= 11 is 0. The predicted octanol–water partition coefficient (Wildman–Crippen LogP) is 22.9. The van der Waals surface area contributed by atoms with Crippen LogP contribution in [0, 0.1) is 0 Å². The van der Waals surface area contributed by atoms with Crippen molar-refractivity contribution < 1.29 is 28.6 Å². The monoisotopic (exact) mass is 1110 g/mol. The lowest BCUT2D eigenvalue weighted by atomic mass is 10.0. The normalized spacial score (nSPS) is 13.0. The lowest BCUT2D eigenvalue weighted by Gasteiger charge is -2.18. The Kier molecular flexibility index (Phi) is 63.3. The SMILES string of the molecule is CC/C=C\C/C=C\C/C=C\C/C=C\C/C=C\C/C=C\C/C=C\C/C=C\C/C=C\CCCCCCCC(=O)OCC(COC(=O)CCCCCCCCCCCCCCCC)OC(=O)CCCCCCC/C=C\C/C=C\CCCCC. The summed E-state index contributed by atoms with van der Waals surface area (Å²) in [5.74, 6) is -0.919. The van der Waals surface area contributed by atoms with E-state index < -0.39 is 6.10 Å². The summed E-state index contributed by atoms with van der Waals surface area (Å²) < 4.78 is 16.9. The molecule has 0 radical (unpaired) electrons. The Hall–Kier alpha value is -4.45. The van der Waals surface area contributed by atoms with E-state index in [0.29, 0.717) is 19.3 Å². The minimum Gasteiger partial charge on any atom is -0.462 e. The highest BCUT2D eigenvalue weighted by Crippen LogP contribution is 2.15. The van der Waals surface area contributed by atoms with Crippen LogP contribution in [0.3, 0.4) is 0 Å². The molecular formula is C74H122O6. The van der Waals surface area contributed by atoms with Gasteiger partial charge >= 0.3 is 17.9 Å². The van der Waals surface area contributed by atoms with E-state index >= 15 is 0 Å². The summed E-state index contributed by atoms with van der Waals surface area (Å²) in [5, 5.41) is 0. The number of carbonyl (C=O) groups excluding carboxylic acids is 3. The van der Waals surface area contributed by atoms with Gasteiger partial charge in [-0.15, -0.1) is 0 Å². The Labute approximate surface area is 494 Å². The van der Waals surface area contributed by atoms with Gasteiger partial charge in [-0.3, -0.25) is 14.4 Å². The van der Waals surface area contributed by atoms with E-state index in [4.69, 9.17) is 14.2 Å². The molecule has 0 N–H and O–H groups in total. The molecule has 0 heterocycles. The van der Waals surface area contributed by atoms with Gasteiger partial charge in [0.1, 0.15) is 13.2 Å². The van der Waals surface area contributed by atoms with Crippen LogP contribution in [0.5, 0.6) is 0 Å². The van der Waals surface area contributed by atoms with Crippen molar-refractivity contribution >= 4 is 17.9 Å². The molecule has 0 fully saturated rings. The van der Waals surface area contributed by atoms with Gasteiger partial charge in [-0.2, -0.15) is 0 Å². The van der Waals surface area contributed by atoms with Crippen LogP contribution in [0.25, 0.3) is 0 Å². The topological polar surface area (TPSA) is 78.9 Å². The quantitative estimate of drug-likeness (QED) is 0.0261. The first-order valence-corrected chi connectivity index (χ1v) is 33.2. The van der Waals surface area contributed by atoms with Crippen LogP contribution in [-0.4, -0.2) is 37.2 Å². The number of esters is 3. The molecular weight excluding hydrogens is 985 g/mol. The zero-order valence-corrected chi connectivity index (χ0v) is 52.0. The molecule has 6 heteroatoms. The molecule has 0 rings (SSSR count). The molecule has 0 bridgehead atoms. The summed E-state index contributed by atoms with van der Waals surface area (Å²) in [6, 6.07) is 0. The van der Waals surface area contributed by atoms with E-state index in [1.807, 2.05) is 0 Å². The van der Waals surface area contributed by atoms with E-state index in [0.717, 1.165) is 161 Å². The van der Waals surface area contributed by atoms with Gasteiger partial charge in [0.2, 0.25) is 0 Å². The summed E-state index contributed by atoms with van der Waals surface area (Å²) in [5.41, 5.74) is 0. The first-order valence-electron chi connectivity index (χ1n) is 33.2. The zero-order chi connectivity index (χ0) is 57.8. The molecule has 0 spiro atoms. The average molecular weight is 1110 g/mol. The van der Waals surface area contributed by atoms with Gasteiger partial charge in [-0.05, 0) is 122 Å². The van der Waals surface area contributed by atoms with E-state index in [9.17, 15) is 14.4 Å². The number of hydrogen-bond donors (Lipinski definition) is 0. The highest BCUT2D eigenvalue weighted by molar-refractivity contribution is 5.71. The molecule has 0 aromatic carbocycles. The van der Waals surface area contributed by atoms with E-state index in [1.165, 1.54) is 96.3 Å². The Balaban J connectivity index is 4.33. The second kappa shape index (κ2) is 67.1. The fourth-order valence-corrected chi connectivity index (χ4v) is 8.94. The summed E-state index contributed by atoms with van der Waals surface area (Å²) in [6.45, 7) is 6.49. The molecule has 1 atom stereocenters. The molecule has 0 aromatic rings. The van der Waals surface area contributed by atoms with Crippen LogP contribution < -0.4 is 0 Å². The van der Waals surface area contributed by atoms with Crippen LogP contribution >= 0.6 is 0 Å². The fraction of sp³-hybridized carbons (Fsp3) is 0.662. The molecule has 0 aliphatic carbocycles. The maximum Gasteiger partial charge on any atom is 0.306 e. The molecule has 454 valence electrons. The van der Waals surface area contributed by atoms with Crippen LogP contribution in [0.2, 0.25) is 0 Å². The van der Waals surface area contributed by atoms with Crippen LogP contribution in [0.4, 0.5) is 0 Å². The number of carbonyl (C=O) groups is 3. The third-order valence-electron chi connectivity index (χ3n) is 13.9. The molecule has 0 amide bonds. The molecule has 0 saturated carbocycles. The lowest BCUT2D eigenvalue weighted by molar-refractivity contribution is -0.167. The molecule has 0 aliphatic rings. The highest BCUT2D eigenvalue weighted by atomic mass is 16.6. The minimum absolute atomic E-state index is 0.0903. The standard InChI is InChI=1S/C74H122O6/c1-4-7-10-13-16-19-22-25-28-29-30-31-32-33-34-35-36-37-38-39-40-41-42-43-44-45-47-49-52-55-58-61-64-67-73(76)79-70-71(69-78-72(75)66-63-60-57-54-51-48-27-24-21-18-15-12-9-6-3)80-74(77)68-65-62-59-56-53-50-46-26-23-20-17-14-11-8-5-2/h7,10,16-17,19-20,25-26,28,30-31,33-34,36-37,39-40,42-43,45-47,71H,4-6,8-9,11-15,18,21-24,27,29,32,35,38,41,44,48-70H2,1-3H3/b10-7-,19-16-,20-17-,28-25-,31-30-,34-33-,37-36-,40-39-,43-42-,46-26-,47-45-. The predicted molar refractivity (Wildman–Crippen MR) is 348 cm³/mol. The zero-order valence-electron chi connectivity index (χ0n) is 52.0. The summed E-state index contributed by atoms with van der Waals surface area (Å²) in [7, 11) is 0. The van der Waals surface area contributed by atoms with Gasteiger partial charge in [-0.1, -0.05) is 289 Å². The molecule has 80 heavy (non-hydrogen) atoms. The number of hydrogen-bond acceptors (Lipinski definition) is 6. The second-order valence-corrected chi connectivity index (χ2v) is 21.6. The van der Waals surface area contributed by atoms with Crippen molar-refractivity contribution in [3.63, 3.8) is 0 Å². The van der Waals surface area contributed by atoms with Crippen molar-refractivity contribution in [3.05, 3.63) is 134 Å². The van der Waals surface area contributed by atoms with E-state index in [2.05, 4.69) is 154 Å². The first-order chi connectivity index (χ1) is 39.5. The Morgan fingerprint density at radius 3 is 0.787 bits per heavy atom. The molecule has 1 unspecified atom stereocenters. The van der Waals surface area contributed by atoms with E-state index in [1.54, 1.807) is 0 Å². The number of allylic oxidation sites excluding steroid dienone is 22. The summed E-state index contributed by atoms with van der Waals surface area (Å²) in [4.78, 5) is 38.3. The van der Waals surface area contributed by atoms with Crippen molar-refractivity contribution in [2.45, 2.75) is 303 Å². The van der Waals surface area contributed by atoms with Gasteiger partial charge in [0.15, 0.2) is 6.10 Å². The fourth-order valence-electron chi connectivity index (χ4n) is 8.94. The molecule has 6 nitrogen and oxygen atoms in total. The largest absolute Gasteiger partial charge is 0.462 e. The van der Waals surface area contributed by atoms with Crippen LogP contribution in [0.15, 0.2) is 134 Å². The van der Waals surface area contributed by atoms with Crippen molar-refractivity contribution in [2.24, 2.45) is 0 Å². The van der Waals surface area contributed by atoms with Crippen LogP contribution in [0.1, 0.15) is 297 Å². The molecule has 0 aliphatic heterocycles. The lowest BCUT2D eigenvalue weighted by Crippen LogP contribution is -2.30. The van der Waals surface area contributed by atoms with E-state index in [-0.39, 0.29) is 31.1 Å². The van der Waals surface area contributed by atoms with Gasteiger partial charge < -0.3 is 14.2 Å². The second-order valence-electron chi connectivity index (χ2n) is 21.6. The van der Waals surface area contributed by atoms with Crippen LogP contribution in [-0.2, 0) is 28.6 Å². The highest BCUT2D eigenvalue weighted by Gasteiger charge is 2.19. The van der Waals surface area contributed by atoms with Crippen molar-refractivity contribution in [3.8, 4) is 0 Å². The minimum atomic E-state index is -0.797. The maximum atomic E-state index is 12.9. The first kappa shape index (κ1) is 75.5. The van der Waals surface area contributed by atoms with Crippen molar-refractivity contribution in [1.29, 1.82) is 0 Å².